The molecule has 0 saturated heterocycles. The highest BCUT2D eigenvalue weighted by Gasteiger charge is 2.05. The van der Waals surface area contributed by atoms with E-state index in [1.54, 1.807) is 7.11 Å². The highest BCUT2D eigenvalue weighted by atomic mass is 127. The lowest BCUT2D eigenvalue weighted by molar-refractivity contribution is 0.00924. The fourth-order valence-electron chi connectivity index (χ4n) is 0.873. The zero-order valence-electron chi connectivity index (χ0n) is 6.47. The Balaban J connectivity index is 2.43. The SMILES string of the molecule is COCOC1=CCCC=C1I. The van der Waals surface area contributed by atoms with Gasteiger partial charge in [-0.25, -0.2) is 0 Å². The Kier molecular flexibility index (Phi) is 3.93. The summed E-state index contributed by atoms with van der Waals surface area (Å²) < 4.78 is 11.3. The maximum atomic E-state index is 5.31. The summed E-state index contributed by atoms with van der Waals surface area (Å²) in [6.45, 7) is 0.339. The summed E-state index contributed by atoms with van der Waals surface area (Å²) in [5.74, 6) is 0.957. The summed E-state index contributed by atoms with van der Waals surface area (Å²) in [6, 6.07) is 0. The quantitative estimate of drug-likeness (QED) is 0.577. The van der Waals surface area contributed by atoms with Crippen molar-refractivity contribution >= 4 is 22.6 Å². The molecule has 0 amide bonds. The predicted octanol–water partition coefficient (Wildman–Crippen LogP) is 2.60. The Bertz CT molecular complexity index is 185. The van der Waals surface area contributed by atoms with Gasteiger partial charge in [0.25, 0.3) is 0 Å². The molecule has 0 aromatic rings. The second-order valence-corrected chi connectivity index (χ2v) is 3.41. The Morgan fingerprint density at radius 1 is 1.45 bits per heavy atom. The normalized spacial score (nSPS) is 17.3. The van der Waals surface area contributed by atoms with E-state index in [9.17, 15) is 0 Å². The van der Waals surface area contributed by atoms with Crippen LogP contribution in [0.3, 0.4) is 0 Å². The van der Waals surface area contributed by atoms with Gasteiger partial charge in [0, 0.05) is 7.11 Å². The van der Waals surface area contributed by atoms with E-state index in [0.29, 0.717) is 6.79 Å². The minimum atomic E-state index is 0.339. The maximum absolute atomic E-state index is 5.31. The topological polar surface area (TPSA) is 18.5 Å². The van der Waals surface area contributed by atoms with Crippen LogP contribution in [0, 0.1) is 0 Å². The number of methoxy groups -OCH3 is 1. The summed E-state index contributed by atoms with van der Waals surface area (Å²) in [5.41, 5.74) is 0. The summed E-state index contributed by atoms with van der Waals surface area (Å²) in [4.78, 5) is 0. The van der Waals surface area contributed by atoms with Crippen LogP contribution in [0.5, 0.6) is 0 Å². The molecule has 0 saturated carbocycles. The lowest BCUT2D eigenvalue weighted by Gasteiger charge is -2.11. The summed E-state index contributed by atoms with van der Waals surface area (Å²) >= 11 is 2.27. The van der Waals surface area contributed by atoms with Crippen molar-refractivity contribution in [2.45, 2.75) is 12.8 Å². The molecular formula is C8H11IO2. The van der Waals surface area contributed by atoms with Gasteiger partial charge in [-0.15, -0.1) is 0 Å². The molecule has 1 aliphatic rings. The van der Waals surface area contributed by atoms with Gasteiger partial charge >= 0.3 is 0 Å². The molecule has 1 aliphatic carbocycles. The summed E-state index contributed by atoms with van der Waals surface area (Å²) in [5, 5.41) is 0. The molecule has 0 unspecified atom stereocenters. The van der Waals surface area contributed by atoms with Crippen molar-refractivity contribution < 1.29 is 9.47 Å². The van der Waals surface area contributed by atoms with Gasteiger partial charge in [0.15, 0.2) is 6.79 Å². The third kappa shape index (κ3) is 2.83. The van der Waals surface area contributed by atoms with Gasteiger partial charge in [-0.1, -0.05) is 6.08 Å². The van der Waals surface area contributed by atoms with Crippen molar-refractivity contribution in [2.75, 3.05) is 13.9 Å². The fraction of sp³-hybridized carbons (Fsp3) is 0.500. The molecule has 0 fully saturated rings. The molecule has 0 N–H and O–H groups in total. The van der Waals surface area contributed by atoms with E-state index in [4.69, 9.17) is 9.47 Å². The first-order valence-corrected chi connectivity index (χ1v) is 4.60. The molecule has 11 heavy (non-hydrogen) atoms. The molecule has 3 heteroatoms. The molecule has 2 nitrogen and oxygen atoms in total. The van der Waals surface area contributed by atoms with Crippen LogP contribution in [-0.4, -0.2) is 13.9 Å². The van der Waals surface area contributed by atoms with Crippen LogP contribution in [0.2, 0.25) is 0 Å². The highest BCUT2D eigenvalue weighted by molar-refractivity contribution is 14.1. The van der Waals surface area contributed by atoms with Crippen molar-refractivity contribution in [3.8, 4) is 0 Å². The third-order valence-electron chi connectivity index (χ3n) is 1.39. The zero-order chi connectivity index (χ0) is 8.10. The highest BCUT2D eigenvalue weighted by Crippen LogP contribution is 2.24. The van der Waals surface area contributed by atoms with Gasteiger partial charge < -0.3 is 9.47 Å². The number of allylic oxidation sites excluding steroid dienone is 3. The van der Waals surface area contributed by atoms with E-state index in [2.05, 4.69) is 34.7 Å². The molecule has 0 aromatic heterocycles. The van der Waals surface area contributed by atoms with Gasteiger partial charge in [0.05, 0.1) is 3.58 Å². The van der Waals surface area contributed by atoms with Crippen molar-refractivity contribution in [3.05, 3.63) is 21.5 Å². The minimum absolute atomic E-state index is 0.339. The zero-order valence-corrected chi connectivity index (χ0v) is 8.63. The van der Waals surface area contributed by atoms with Crippen LogP contribution < -0.4 is 0 Å². The Morgan fingerprint density at radius 2 is 2.18 bits per heavy atom. The molecule has 0 aromatic carbocycles. The van der Waals surface area contributed by atoms with Crippen LogP contribution in [0.25, 0.3) is 0 Å². The first-order chi connectivity index (χ1) is 5.34. The first kappa shape index (κ1) is 9.06. The molecule has 0 radical (unpaired) electrons. The molecule has 62 valence electrons. The van der Waals surface area contributed by atoms with Gasteiger partial charge in [-0.2, -0.15) is 0 Å². The van der Waals surface area contributed by atoms with E-state index < -0.39 is 0 Å². The second-order valence-electron chi connectivity index (χ2n) is 2.25. The van der Waals surface area contributed by atoms with Crippen LogP contribution in [0.1, 0.15) is 12.8 Å². The Labute approximate surface area is 80.4 Å². The Hall–Kier alpha value is -0.0300. The van der Waals surface area contributed by atoms with Gasteiger partial charge in [-0.3, -0.25) is 0 Å². The fourth-order valence-corrected chi connectivity index (χ4v) is 1.56. The maximum Gasteiger partial charge on any atom is 0.188 e. The van der Waals surface area contributed by atoms with E-state index in [1.165, 1.54) is 3.58 Å². The van der Waals surface area contributed by atoms with Crippen molar-refractivity contribution in [1.29, 1.82) is 0 Å². The lowest BCUT2D eigenvalue weighted by atomic mass is 10.2. The lowest BCUT2D eigenvalue weighted by Crippen LogP contribution is -1.99. The standard InChI is InChI=1S/C8H11IO2/c1-10-6-11-8-5-3-2-4-7(8)9/h4-5H,2-3,6H2,1H3. The molecule has 0 bridgehead atoms. The number of halogens is 1. The number of ether oxygens (including phenoxy) is 2. The first-order valence-electron chi connectivity index (χ1n) is 3.52. The molecule has 0 spiro atoms. The molecular weight excluding hydrogens is 255 g/mol. The molecule has 0 aliphatic heterocycles. The van der Waals surface area contributed by atoms with Crippen LogP contribution >= 0.6 is 22.6 Å². The summed E-state index contributed by atoms with van der Waals surface area (Å²) in [6.07, 6.45) is 6.47. The van der Waals surface area contributed by atoms with E-state index >= 15 is 0 Å². The second kappa shape index (κ2) is 4.77. The smallest absolute Gasteiger partial charge is 0.188 e. The average Bonchev–Trinajstić information content (AvgIpc) is 2.03. The van der Waals surface area contributed by atoms with Gasteiger partial charge in [-0.05, 0) is 41.5 Å². The van der Waals surface area contributed by atoms with Gasteiger partial charge in [0.1, 0.15) is 5.76 Å². The van der Waals surface area contributed by atoms with Crippen LogP contribution in [-0.2, 0) is 9.47 Å². The minimum Gasteiger partial charge on any atom is -0.467 e. The number of hydrogen-bond acceptors (Lipinski definition) is 2. The van der Waals surface area contributed by atoms with Crippen molar-refractivity contribution in [2.24, 2.45) is 0 Å². The van der Waals surface area contributed by atoms with Crippen LogP contribution in [0.4, 0.5) is 0 Å². The number of hydrogen-bond donors (Lipinski definition) is 0. The van der Waals surface area contributed by atoms with E-state index in [-0.39, 0.29) is 0 Å². The molecule has 0 heterocycles. The monoisotopic (exact) mass is 266 g/mol. The Morgan fingerprint density at radius 3 is 2.82 bits per heavy atom. The van der Waals surface area contributed by atoms with E-state index in [0.717, 1.165) is 18.6 Å². The number of rotatable bonds is 3. The van der Waals surface area contributed by atoms with Crippen molar-refractivity contribution in [3.63, 3.8) is 0 Å². The van der Waals surface area contributed by atoms with Crippen LogP contribution in [0.15, 0.2) is 21.5 Å². The third-order valence-corrected chi connectivity index (χ3v) is 2.36. The average molecular weight is 266 g/mol. The van der Waals surface area contributed by atoms with Crippen molar-refractivity contribution in [1.82, 2.24) is 0 Å². The predicted molar refractivity (Wildman–Crippen MR) is 52.4 cm³/mol. The molecule has 1 rings (SSSR count). The summed E-state index contributed by atoms with van der Waals surface area (Å²) in [7, 11) is 1.62. The molecule has 0 atom stereocenters. The van der Waals surface area contributed by atoms with Gasteiger partial charge in [0.2, 0.25) is 0 Å². The van der Waals surface area contributed by atoms with E-state index in [1.807, 2.05) is 0 Å². The largest absolute Gasteiger partial charge is 0.467 e.